The molecule has 1 atom stereocenters. The van der Waals surface area contributed by atoms with Crippen LogP contribution in [0.5, 0.6) is 11.5 Å². The van der Waals surface area contributed by atoms with Gasteiger partial charge in [0, 0.05) is 18.5 Å². The van der Waals surface area contributed by atoms with Crippen molar-refractivity contribution >= 4 is 18.3 Å². The molecule has 1 aliphatic rings. The fourth-order valence-corrected chi connectivity index (χ4v) is 2.40. The highest BCUT2D eigenvalue weighted by atomic mass is 35.5. The first-order valence-electron chi connectivity index (χ1n) is 7.41. The summed E-state index contributed by atoms with van der Waals surface area (Å²) in [5, 5.41) is 4.87. The second kappa shape index (κ2) is 9.10. The summed E-state index contributed by atoms with van der Waals surface area (Å²) in [5.74, 6) is -3.62. The van der Waals surface area contributed by atoms with Crippen LogP contribution >= 0.6 is 12.4 Å². The van der Waals surface area contributed by atoms with Crippen LogP contribution in [0, 0.1) is 0 Å². The highest BCUT2D eigenvalue weighted by Gasteiger charge is 2.42. The number of alkyl halides is 4. The number of benzene rings is 1. The van der Waals surface area contributed by atoms with Crippen LogP contribution < -0.4 is 20.1 Å². The molecular formula is C15H19ClF4N2O3. The average Bonchev–Trinajstić information content (AvgIpc) is 2.87. The van der Waals surface area contributed by atoms with Crippen molar-refractivity contribution in [3.63, 3.8) is 0 Å². The minimum absolute atomic E-state index is 0. The van der Waals surface area contributed by atoms with E-state index in [9.17, 15) is 22.4 Å². The van der Waals surface area contributed by atoms with Gasteiger partial charge in [0.15, 0.2) is 11.5 Å². The van der Waals surface area contributed by atoms with Crippen LogP contribution in [0.3, 0.4) is 0 Å². The molecule has 0 saturated carbocycles. The van der Waals surface area contributed by atoms with Crippen molar-refractivity contribution in [3.8, 4) is 11.5 Å². The Bertz CT molecular complexity index is 590. The maximum Gasteiger partial charge on any atom is 0.387 e. The molecule has 5 nitrogen and oxygen atoms in total. The van der Waals surface area contributed by atoms with Gasteiger partial charge in [0.05, 0.1) is 19.2 Å². The molecule has 1 unspecified atom stereocenters. The van der Waals surface area contributed by atoms with Crippen molar-refractivity contribution in [2.45, 2.75) is 38.5 Å². The fourth-order valence-electron chi connectivity index (χ4n) is 2.40. The molecule has 2 N–H and O–H groups in total. The molecule has 0 radical (unpaired) electrons. The molecule has 25 heavy (non-hydrogen) atoms. The van der Waals surface area contributed by atoms with E-state index in [1.165, 1.54) is 12.1 Å². The quantitative estimate of drug-likeness (QED) is 0.707. The van der Waals surface area contributed by atoms with Crippen LogP contribution in [-0.2, 0) is 11.3 Å². The summed E-state index contributed by atoms with van der Waals surface area (Å²) in [5.41, 5.74) is 0.263. The molecule has 0 bridgehead atoms. The van der Waals surface area contributed by atoms with E-state index in [1.807, 2.05) is 0 Å². The SMILES string of the molecule is CCOc1cccc(CNC(=O)C2CC(F)(F)CN2)c1OC(F)F.Cl. The van der Waals surface area contributed by atoms with Gasteiger partial charge in [-0.15, -0.1) is 12.4 Å². The van der Waals surface area contributed by atoms with E-state index in [4.69, 9.17) is 4.74 Å². The number of hydrogen-bond acceptors (Lipinski definition) is 4. The van der Waals surface area contributed by atoms with Crippen LogP contribution in [0.1, 0.15) is 18.9 Å². The zero-order chi connectivity index (χ0) is 17.7. The summed E-state index contributed by atoms with van der Waals surface area (Å²) >= 11 is 0. The van der Waals surface area contributed by atoms with Gasteiger partial charge >= 0.3 is 6.61 Å². The van der Waals surface area contributed by atoms with Crippen LogP contribution in [-0.4, -0.2) is 37.6 Å². The molecular weight excluding hydrogens is 368 g/mol. The highest BCUT2D eigenvalue weighted by molar-refractivity contribution is 5.85. The zero-order valence-electron chi connectivity index (χ0n) is 13.4. The van der Waals surface area contributed by atoms with Gasteiger partial charge in [-0.3, -0.25) is 10.1 Å². The van der Waals surface area contributed by atoms with E-state index < -0.39 is 37.4 Å². The average molecular weight is 387 g/mol. The first-order valence-corrected chi connectivity index (χ1v) is 7.41. The second-order valence-electron chi connectivity index (χ2n) is 5.27. The lowest BCUT2D eigenvalue weighted by Gasteiger charge is -2.16. The number of ether oxygens (including phenoxy) is 2. The third-order valence-corrected chi connectivity index (χ3v) is 3.45. The Labute approximate surface area is 148 Å². The van der Waals surface area contributed by atoms with Gasteiger partial charge in [0.25, 0.3) is 5.92 Å². The van der Waals surface area contributed by atoms with Crippen LogP contribution in [0.4, 0.5) is 17.6 Å². The molecule has 0 aromatic heterocycles. The molecule has 0 aliphatic carbocycles. The lowest BCUT2D eigenvalue weighted by Crippen LogP contribution is -2.40. The standard InChI is InChI=1S/C15H18F4N2O3.ClH/c1-2-23-11-5-3-4-9(12(11)24-14(16)17)7-20-13(22)10-6-15(18,19)8-21-10;/h3-5,10,14,21H,2,6-8H2,1H3,(H,20,22);1H. The number of carbonyl (C=O) groups is 1. The number of carbonyl (C=O) groups excluding carboxylic acids is 1. The monoisotopic (exact) mass is 386 g/mol. The van der Waals surface area contributed by atoms with Crippen molar-refractivity contribution < 1.29 is 31.8 Å². The number of hydrogen-bond donors (Lipinski definition) is 2. The Morgan fingerprint density at radius 1 is 1.44 bits per heavy atom. The van der Waals surface area contributed by atoms with Crippen molar-refractivity contribution in [3.05, 3.63) is 23.8 Å². The van der Waals surface area contributed by atoms with Gasteiger partial charge in [-0.05, 0) is 13.0 Å². The molecule has 10 heteroatoms. The summed E-state index contributed by atoms with van der Waals surface area (Å²) < 4.78 is 61.1. The van der Waals surface area contributed by atoms with Gasteiger partial charge in [-0.2, -0.15) is 8.78 Å². The maximum absolute atomic E-state index is 13.1. The first kappa shape index (κ1) is 21.3. The Hall–Kier alpha value is -1.74. The van der Waals surface area contributed by atoms with Gasteiger partial charge < -0.3 is 14.8 Å². The van der Waals surface area contributed by atoms with Gasteiger partial charge in [0.2, 0.25) is 5.91 Å². The third-order valence-electron chi connectivity index (χ3n) is 3.45. The van der Waals surface area contributed by atoms with E-state index >= 15 is 0 Å². The lowest BCUT2D eigenvalue weighted by molar-refractivity contribution is -0.123. The first-order chi connectivity index (χ1) is 11.3. The van der Waals surface area contributed by atoms with E-state index in [0.29, 0.717) is 0 Å². The van der Waals surface area contributed by atoms with E-state index in [1.54, 1.807) is 13.0 Å². The number of para-hydroxylation sites is 1. The van der Waals surface area contributed by atoms with E-state index in [-0.39, 0.29) is 42.6 Å². The molecule has 0 spiro atoms. The van der Waals surface area contributed by atoms with Gasteiger partial charge in [0.1, 0.15) is 0 Å². The minimum atomic E-state index is -3.06. The fraction of sp³-hybridized carbons (Fsp3) is 0.533. The van der Waals surface area contributed by atoms with Gasteiger partial charge in [-0.1, -0.05) is 12.1 Å². The Morgan fingerprint density at radius 3 is 2.72 bits per heavy atom. The Balaban J connectivity index is 0.00000312. The molecule has 1 aliphatic heterocycles. The lowest BCUT2D eigenvalue weighted by atomic mass is 10.1. The largest absolute Gasteiger partial charge is 0.490 e. The zero-order valence-corrected chi connectivity index (χ0v) is 14.2. The molecule has 1 aromatic rings. The molecule has 1 heterocycles. The van der Waals surface area contributed by atoms with Crippen molar-refractivity contribution in [1.29, 1.82) is 0 Å². The van der Waals surface area contributed by atoms with Gasteiger partial charge in [-0.25, -0.2) is 8.78 Å². The molecule has 1 saturated heterocycles. The number of halogens is 5. The Kier molecular flexibility index (Phi) is 7.75. The van der Waals surface area contributed by atoms with Crippen LogP contribution in [0.2, 0.25) is 0 Å². The maximum atomic E-state index is 13.1. The predicted molar refractivity (Wildman–Crippen MR) is 84.7 cm³/mol. The van der Waals surface area contributed by atoms with Crippen LogP contribution in [0.25, 0.3) is 0 Å². The summed E-state index contributed by atoms with van der Waals surface area (Å²) in [6.07, 6.45) is -0.599. The number of amides is 1. The van der Waals surface area contributed by atoms with Crippen LogP contribution in [0.15, 0.2) is 18.2 Å². The van der Waals surface area contributed by atoms with Crippen molar-refractivity contribution in [2.75, 3.05) is 13.2 Å². The molecule has 1 fully saturated rings. The van der Waals surface area contributed by atoms with Crippen molar-refractivity contribution in [2.24, 2.45) is 0 Å². The number of rotatable bonds is 7. The smallest absolute Gasteiger partial charge is 0.387 e. The normalized spacial score (nSPS) is 18.6. The molecule has 1 amide bonds. The minimum Gasteiger partial charge on any atom is -0.490 e. The summed E-state index contributed by atoms with van der Waals surface area (Å²) in [7, 11) is 0. The summed E-state index contributed by atoms with van der Waals surface area (Å²) in [4.78, 5) is 11.9. The summed E-state index contributed by atoms with van der Waals surface area (Å²) in [6, 6.07) is 3.49. The third kappa shape index (κ3) is 5.93. The Morgan fingerprint density at radius 2 is 2.16 bits per heavy atom. The van der Waals surface area contributed by atoms with E-state index in [0.717, 1.165) is 0 Å². The van der Waals surface area contributed by atoms with E-state index in [2.05, 4.69) is 15.4 Å². The highest BCUT2D eigenvalue weighted by Crippen LogP contribution is 2.33. The molecule has 1 aromatic carbocycles. The molecule has 142 valence electrons. The molecule has 2 rings (SSSR count). The predicted octanol–water partition coefficient (Wildman–Crippen LogP) is 2.72. The second-order valence-corrected chi connectivity index (χ2v) is 5.27. The topological polar surface area (TPSA) is 59.6 Å². The number of nitrogens with one attached hydrogen (secondary N) is 2. The van der Waals surface area contributed by atoms with Crippen molar-refractivity contribution in [1.82, 2.24) is 10.6 Å². The summed E-state index contributed by atoms with van der Waals surface area (Å²) in [6.45, 7) is -1.84.